The summed E-state index contributed by atoms with van der Waals surface area (Å²) in [6, 6.07) is 5.63. The minimum atomic E-state index is -0.0699. The highest BCUT2D eigenvalue weighted by molar-refractivity contribution is 5.74. The van der Waals surface area contributed by atoms with E-state index in [1.807, 2.05) is 23.1 Å². The Bertz CT molecular complexity index is 880. The van der Waals surface area contributed by atoms with E-state index in [2.05, 4.69) is 20.3 Å². The molecule has 0 fully saturated rings. The van der Waals surface area contributed by atoms with E-state index in [4.69, 9.17) is 4.42 Å². The predicted octanol–water partition coefficient (Wildman–Crippen LogP) is 2.44. The summed E-state index contributed by atoms with van der Waals surface area (Å²) in [6.07, 6.45) is 9.81. The van der Waals surface area contributed by atoms with Crippen molar-refractivity contribution in [1.29, 1.82) is 0 Å². The molecular weight excluding hydrogens is 330 g/mol. The topological polar surface area (TPSA) is 84.2 Å². The zero-order valence-corrected chi connectivity index (χ0v) is 14.3. The van der Waals surface area contributed by atoms with Crippen LogP contribution in [0.4, 0.5) is 4.79 Å². The molecule has 132 valence electrons. The van der Waals surface area contributed by atoms with Gasteiger partial charge in [-0.1, -0.05) is 6.07 Å². The Morgan fingerprint density at radius 2 is 2.15 bits per heavy atom. The molecule has 3 aromatic rings. The molecule has 1 N–H and O–H groups in total. The number of nitrogens with one attached hydrogen (secondary N) is 1. The van der Waals surface area contributed by atoms with Crippen LogP contribution in [0.15, 0.2) is 53.9 Å². The third-order valence-electron chi connectivity index (χ3n) is 4.53. The summed E-state index contributed by atoms with van der Waals surface area (Å²) in [5.41, 5.74) is 4.90. The summed E-state index contributed by atoms with van der Waals surface area (Å²) in [5, 5.41) is 2.96. The van der Waals surface area contributed by atoms with Crippen molar-refractivity contribution in [3.8, 4) is 11.3 Å². The van der Waals surface area contributed by atoms with Crippen molar-refractivity contribution in [2.45, 2.75) is 19.4 Å². The van der Waals surface area contributed by atoms with E-state index in [-0.39, 0.29) is 6.03 Å². The standard InChI is InChI=1S/C19H19N5O2/c25-19(21-11-14-2-1-6-20-10-14)24-7-3-16-17(4-8-24)22-13-23-18(16)15-5-9-26-12-15/h1-2,5-6,9-10,12-13H,3-4,7-8,11H2,(H,21,25). The molecule has 0 aliphatic carbocycles. The summed E-state index contributed by atoms with van der Waals surface area (Å²) in [5.74, 6) is 0. The van der Waals surface area contributed by atoms with E-state index in [1.165, 1.54) is 0 Å². The zero-order chi connectivity index (χ0) is 17.8. The molecule has 4 heterocycles. The fourth-order valence-corrected chi connectivity index (χ4v) is 3.17. The van der Waals surface area contributed by atoms with Crippen molar-refractivity contribution in [3.05, 3.63) is 66.3 Å². The van der Waals surface area contributed by atoms with Gasteiger partial charge in [0.15, 0.2) is 0 Å². The first kappa shape index (κ1) is 16.3. The van der Waals surface area contributed by atoms with Crippen LogP contribution in [0, 0.1) is 0 Å². The monoisotopic (exact) mass is 349 g/mol. The number of amides is 2. The molecule has 7 nitrogen and oxygen atoms in total. The molecule has 4 rings (SSSR count). The summed E-state index contributed by atoms with van der Waals surface area (Å²) in [6.45, 7) is 1.73. The maximum atomic E-state index is 12.5. The molecule has 1 aliphatic rings. The number of carbonyl (C=O) groups is 1. The van der Waals surface area contributed by atoms with Crippen molar-refractivity contribution in [2.24, 2.45) is 0 Å². The smallest absolute Gasteiger partial charge is 0.317 e. The van der Waals surface area contributed by atoms with Crippen molar-refractivity contribution < 1.29 is 9.21 Å². The predicted molar refractivity (Wildman–Crippen MR) is 95.2 cm³/mol. The average molecular weight is 349 g/mol. The zero-order valence-electron chi connectivity index (χ0n) is 14.3. The van der Waals surface area contributed by atoms with Gasteiger partial charge < -0.3 is 14.6 Å². The number of aromatic nitrogens is 3. The van der Waals surface area contributed by atoms with Crippen LogP contribution < -0.4 is 5.32 Å². The lowest BCUT2D eigenvalue weighted by Gasteiger charge is -2.20. The molecule has 7 heteroatoms. The van der Waals surface area contributed by atoms with Crippen LogP contribution in [-0.2, 0) is 19.4 Å². The molecule has 0 atom stereocenters. The van der Waals surface area contributed by atoms with Crippen LogP contribution >= 0.6 is 0 Å². The highest BCUT2D eigenvalue weighted by Crippen LogP contribution is 2.26. The third-order valence-corrected chi connectivity index (χ3v) is 4.53. The summed E-state index contributed by atoms with van der Waals surface area (Å²) in [7, 11) is 0. The molecule has 3 aromatic heterocycles. The van der Waals surface area contributed by atoms with E-state index < -0.39 is 0 Å². The van der Waals surface area contributed by atoms with Gasteiger partial charge in [0.25, 0.3) is 0 Å². The van der Waals surface area contributed by atoms with Crippen molar-refractivity contribution in [2.75, 3.05) is 13.1 Å². The molecule has 2 amide bonds. The first-order valence-electron chi connectivity index (χ1n) is 8.58. The first-order chi connectivity index (χ1) is 12.8. The molecule has 0 bridgehead atoms. The maximum absolute atomic E-state index is 12.5. The number of rotatable bonds is 3. The van der Waals surface area contributed by atoms with Gasteiger partial charge in [0, 0.05) is 55.3 Å². The Morgan fingerprint density at radius 3 is 2.96 bits per heavy atom. The largest absolute Gasteiger partial charge is 0.472 e. The second-order valence-electron chi connectivity index (χ2n) is 6.17. The maximum Gasteiger partial charge on any atom is 0.317 e. The second kappa shape index (κ2) is 7.35. The van der Waals surface area contributed by atoms with E-state index >= 15 is 0 Å². The summed E-state index contributed by atoms with van der Waals surface area (Å²) < 4.78 is 5.18. The second-order valence-corrected chi connectivity index (χ2v) is 6.17. The highest BCUT2D eigenvalue weighted by atomic mass is 16.3. The Morgan fingerprint density at radius 1 is 1.23 bits per heavy atom. The minimum absolute atomic E-state index is 0.0699. The molecule has 0 spiro atoms. The number of carbonyl (C=O) groups excluding carboxylic acids is 1. The van der Waals surface area contributed by atoms with Gasteiger partial charge in [0.05, 0.1) is 18.2 Å². The van der Waals surface area contributed by atoms with Crippen LogP contribution in [0.2, 0.25) is 0 Å². The lowest BCUT2D eigenvalue weighted by molar-refractivity contribution is 0.200. The lowest BCUT2D eigenvalue weighted by atomic mass is 10.0. The van der Waals surface area contributed by atoms with Crippen LogP contribution in [0.3, 0.4) is 0 Å². The van der Waals surface area contributed by atoms with Crippen LogP contribution in [0.1, 0.15) is 16.8 Å². The number of hydrogen-bond acceptors (Lipinski definition) is 5. The minimum Gasteiger partial charge on any atom is -0.472 e. The fraction of sp³-hybridized carbons (Fsp3) is 0.263. The van der Waals surface area contributed by atoms with E-state index in [9.17, 15) is 4.79 Å². The van der Waals surface area contributed by atoms with Gasteiger partial charge in [-0.2, -0.15) is 0 Å². The Balaban J connectivity index is 1.45. The average Bonchev–Trinajstić information content (AvgIpc) is 3.13. The molecule has 0 aromatic carbocycles. The van der Waals surface area contributed by atoms with E-state index in [0.717, 1.165) is 34.5 Å². The summed E-state index contributed by atoms with van der Waals surface area (Å²) >= 11 is 0. The van der Waals surface area contributed by atoms with Crippen LogP contribution in [0.5, 0.6) is 0 Å². The molecule has 0 saturated carbocycles. The van der Waals surface area contributed by atoms with Gasteiger partial charge in [0.2, 0.25) is 0 Å². The van der Waals surface area contributed by atoms with E-state index in [0.29, 0.717) is 26.1 Å². The lowest BCUT2D eigenvalue weighted by Crippen LogP contribution is -2.41. The highest BCUT2D eigenvalue weighted by Gasteiger charge is 2.22. The molecule has 26 heavy (non-hydrogen) atoms. The summed E-state index contributed by atoms with van der Waals surface area (Å²) in [4.78, 5) is 27.3. The SMILES string of the molecule is O=C(NCc1cccnc1)N1CCc2ncnc(-c3ccoc3)c2CC1. The number of nitrogens with zero attached hydrogens (tertiary/aromatic N) is 4. The Kier molecular flexibility index (Phi) is 4.59. The Hall–Kier alpha value is -3.22. The first-order valence-corrected chi connectivity index (χ1v) is 8.58. The van der Waals surface area contributed by atoms with Gasteiger partial charge in [-0.3, -0.25) is 4.98 Å². The number of hydrogen-bond donors (Lipinski definition) is 1. The van der Waals surface area contributed by atoms with Crippen LogP contribution in [0.25, 0.3) is 11.3 Å². The Labute approximate surface area is 151 Å². The van der Waals surface area contributed by atoms with Crippen molar-refractivity contribution in [1.82, 2.24) is 25.2 Å². The van der Waals surface area contributed by atoms with Gasteiger partial charge in [-0.05, 0) is 24.1 Å². The number of fused-ring (bicyclic) bond motifs is 1. The third kappa shape index (κ3) is 3.42. The van der Waals surface area contributed by atoms with E-state index in [1.54, 1.807) is 31.2 Å². The van der Waals surface area contributed by atoms with Gasteiger partial charge in [-0.15, -0.1) is 0 Å². The fourth-order valence-electron chi connectivity index (χ4n) is 3.17. The molecular formula is C19H19N5O2. The van der Waals surface area contributed by atoms with Crippen molar-refractivity contribution >= 4 is 6.03 Å². The molecule has 0 saturated heterocycles. The number of urea groups is 1. The molecule has 1 aliphatic heterocycles. The molecule has 0 unspecified atom stereocenters. The number of pyridine rings is 1. The van der Waals surface area contributed by atoms with Gasteiger partial charge >= 0.3 is 6.03 Å². The van der Waals surface area contributed by atoms with Gasteiger partial charge in [-0.25, -0.2) is 14.8 Å². The number of furan rings is 1. The quantitative estimate of drug-likeness (QED) is 0.785. The molecule has 0 radical (unpaired) electrons. The normalized spacial score (nSPS) is 13.8. The van der Waals surface area contributed by atoms with Gasteiger partial charge in [0.1, 0.15) is 6.33 Å². The van der Waals surface area contributed by atoms with Crippen molar-refractivity contribution in [3.63, 3.8) is 0 Å². The van der Waals surface area contributed by atoms with Crippen LogP contribution in [-0.4, -0.2) is 39.0 Å².